The highest BCUT2D eigenvalue weighted by Gasteiger charge is 2.35. The predicted molar refractivity (Wildman–Crippen MR) is 144 cm³/mol. The van der Waals surface area contributed by atoms with Crippen LogP contribution in [0.25, 0.3) is 10.9 Å². The number of ether oxygens (including phenoxy) is 1. The zero-order chi connectivity index (χ0) is 27.1. The first-order valence-corrected chi connectivity index (χ1v) is 13.1. The predicted octanol–water partition coefficient (Wildman–Crippen LogP) is 3.37. The van der Waals surface area contributed by atoms with Crippen LogP contribution in [0.15, 0.2) is 74.8 Å². The average Bonchev–Trinajstić information content (AvgIpc) is 2.94. The standard InChI is InChI=1S/C30H29N3O6/c1-38-28(36)13-23(21-9-10-31-24-6-3-2-5-22(21)24)30-29(37)26(34)12-20(39-30)17-32-14-18-11-19(16-32)25-7-4-8-27(35)33(25)15-18/h2-10,12,18-19,23,37H,11,13-17H2,1H3/t18-,19+,23+/m1/s1. The van der Waals surface area contributed by atoms with Gasteiger partial charge in [0.15, 0.2) is 5.76 Å². The molecule has 1 fully saturated rings. The molecule has 0 aliphatic carbocycles. The molecule has 0 spiro atoms. The van der Waals surface area contributed by atoms with Crippen LogP contribution in [0.5, 0.6) is 5.75 Å². The summed E-state index contributed by atoms with van der Waals surface area (Å²) < 4.78 is 13.1. The lowest BCUT2D eigenvalue weighted by molar-refractivity contribution is -0.140. The van der Waals surface area contributed by atoms with E-state index in [1.54, 1.807) is 18.3 Å². The Morgan fingerprint density at radius 3 is 2.82 bits per heavy atom. The van der Waals surface area contributed by atoms with E-state index in [1.807, 2.05) is 41.0 Å². The van der Waals surface area contributed by atoms with Crippen molar-refractivity contribution in [2.45, 2.75) is 37.8 Å². The van der Waals surface area contributed by atoms with Crippen LogP contribution in [-0.4, -0.2) is 45.7 Å². The van der Waals surface area contributed by atoms with Crippen LogP contribution >= 0.6 is 0 Å². The number of aromatic nitrogens is 2. The molecule has 0 unspecified atom stereocenters. The molecule has 0 radical (unpaired) electrons. The minimum atomic E-state index is -0.752. The zero-order valence-electron chi connectivity index (χ0n) is 21.6. The number of methoxy groups -OCH3 is 1. The Morgan fingerprint density at radius 2 is 1.97 bits per heavy atom. The third-order valence-corrected chi connectivity index (χ3v) is 7.91. The van der Waals surface area contributed by atoms with Gasteiger partial charge < -0.3 is 18.8 Å². The van der Waals surface area contributed by atoms with Crippen molar-refractivity contribution in [1.29, 1.82) is 0 Å². The maximum absolute atomic E-state index is 13.0. The molecule has 9 heteroatoms. The number of esters is 1. The molecule has 1 saturated heterocycles. The van der Waals surface area contributed by atoms with E-state index >= 15 is 0 Å². The van der Waals surface area contributed by atoms with Crippen molar-refractivity contribution in [3.63, 3.8) is 0 Å². The molecule has 0 amide bonds. The minimum Gasteiger partial charge on any atom is -0.502 e. The van der Waals surface area contributed by atoms with Gasteiger partial charge >= 0.3 is 5.97 Å². The quantitative estimate of drug-likeness (QED) is 0.380. The number of aromatic hydroxyl groups is 1. The summed E-state index contributed by atoms with van der Waals surface area (Å²) in [6.45, 7) is 2.52. The Labute approximate surface area is 224 Å². The smallest absolute Gasteiger partial charge is 0.306 e. The molecular weight excluding hydrogens is 498 g/mol. The summed E-state index contributed by atoms with van der Waals surface area (Å²) in [5.74, 6) is -0.791. The molecule has 9 nitrogen and oxygen atoms in total. The van der Waals surface area contributed by atoms with E-state index in [2.05, 4.69) is 9.88 Å². The van der Waals surface area contributed by atoms with Crippen LogP contribution in [0.1, 0.15) is 47.5 Å². The van der Waals surface area contributed by atoms with E-state index in [4.69, 9.17) is 9.15 Å². The number of hydrogen-bond acceptors (Lipinski definition) is 8. The lowest BCUT2D eigenvalue weighted by atomic mass is 9.83. The first-order chi connectivity index (χ1) is 18.9. The van der Waals surface area contributed by atoms with E-state index in [-0.39, 0.29) is 23.7 Å². The molecular formula is C30H29N3O6. The van der Waals surface area contributed by atoms with Crippen LogP contribution in [0.2, 0.25) is 0 Å². The van der Waals surface area contributed by atoms with Gasteiger partial charge in [0.1, 0.15) is 5.76 Å². The average molecular weight is 528 g/mol. The van der Waals surface area contributed by atoms with Crippen LogP contribution in [-0.2, 0) is 22.6 Å². The highest BCUT2D eigenvalue weighted by molar-refractivity contribution is 5.84. The molecule has 3 aromatic heterocycles. The van der Waals surface area contributed by atoms with E-state index in [0.717, 1.165) is 36.1 Å². The van der Waals surface area contributed by atoms with Gasteiger partial charge in [0.2, 0.25) is 11.2 Å². The van der Waals surface area contributed by atoms with Crippen molar-refractivity contribution >= 4 is 16.9 Å². The van der Waals surface area contributed by atoms with Gasteiger partial charge in [0.05, 0.1) is 31.5 Å². The minimum absolute atomic E-state index is 0.0325. The maximum Gasteiger partial charge on any atom is 0.306 e. The number of fused-ring (bicyclic) bond motifs is 5. The van der Waals surface area contributed by atoms with E-state index in [9.17, 15) is 19.5 Å². The second-order valence-corrected chi connectivity index (χ2v) is 10.4. The van der Waals surface area contributed by atoms with Gasteiger partial charge in [-0.05, 0) is 36.1 Å². The van der Waals surface area contributed by atoms with Crippen molar-refractivity contribution in [3.8, 4) is 5.75 Å². The lowest BCUT2D eigenvalue weighted by Gasteiger charge is -2.42. The summed E-state index contributed by atoms with van der Waals surface area (Å²) in [5, 5.41) is 11.7. The highest BCUT2D eigenvalue weighted by atomic mass is 16.5. The zero-order valence-corrected chi connectivity index (χ0v) is 21.6. The highest BCUT2D eigenvalue weighted by Crippen LogP contribution is 2.38. The van der Waals surface area contributed by atoms with Crippen LogP contribution in [0.3, 0.4) is 0 Å². The molecule has 4 aromatic rings. The Bertz CT molecular complexity index is 1670. The number of pyridine rings is 2. The topological polar surface area (TPSA) is 115 Å². The summed E-state index contributed by atoms with van der Waals surface area (Å²) in [4.78, 5) is 44.4. The van der Waals surface area contributed by atoms with Crippen LogP contribution in [0, 0.1) is 5.92 Å². The molecule has 2 aliphatic heterocycles. The van der Waals surface area contributed by atoms with Crippen molar-refractivity contribution in [1.82, 2.24) is 14.5 Å². The molecule has 2 aliphatic rings. The second-order valence-electron chi connectivity index (χ2n) is 10.4. The number of nitrogens with zero attached hydrogens (tertiary/aromatic N) is 3. The summed E-state index contributed by atoms with van der Waals surface area (Å²) in [5.41, 5.74) is 1.94. The molecule has 1 N–H and O–H groups in total. The van der Waals surface area contributed by atoms with Crippen molar-refractivity contribution in [2.24, 2.45) is 5.92 Å². The summed E-state index contributed by atoms with van der Waals surface area (Å²) >= 11 is 0. The Balaban J connectivity index is 1.35. The fraction of sp³-hybridized carbons (Fsp3) is 0.333. The number of carbonyl (C=O) groups is 1. The van der Waals surface area contributed by atoms with Crippen molar-refractivity contribution in [2.75, 3.05) is 20.2 Å². The number of piperidine rings is 1. The molecule has 5 heterocycles. The van der Waals surface area contributed by atoms with Gasteiger partial charge in [-0.1, -0.05) is 24.3 Å². The van der Waals surface area contributed by atoms with Gasteiger partial charge in [0, 0.05) is 55.0 Å². The van der Waals surface area contributed by atoms with Gasteiger partial charge in [-0.2, -0.15) is 0 Å². The van der Waals surface area contributed by atoms with Gasteiger partial charge in [-0.25, -0.2) is 0 Å². The number of rotatable bonds is 6. The number of benzene rings is 1. The summed E-state index contributed by atoms with van der Waals surface area (Å²) in [6.07, 6.45) is 2.53. The molecule has 39 heavy (non-hydrogen) atoms. The van der Waals surface area contributed by atoms with Crippen LogP contribution in [0.4, 0.5) is 0 Å². The Kier molecular flexibility index (Phi) is 6.52. The Morgan fingerprint density at radius 1 is 1.13 bits per heavy atom. The number of carbonyl (C=O) groups excluding carboxylic acids is 1. The number of para-hydroxylation sites is 1. The monoisotopic (exact) mass is 527 g/mol. The lowest BCUT2D eigenvalue weighted by Crippen LogP contribution is -2.46. The first kappa shape index (κ1) is 25.1. The normalized spacial score (nSPS) is 19.4. The van der Waals surface area contributed by atoms with E-state index in [1.165, 1.54) is 13.2 Å². The third kappa shape index (κ3) is 4.74. The van der Waals surface area contributed by atoms with E-state index < -0.39 is 23.1 Å². The molecule has 2 bridgehead atoms. The van der Waals surface area contributed by atoms with Gasteiger partial charge in [-0.3, -0.25) is 24.3 Å². The molecule has 0 saturated carbocycles. The molecule has 6 rings (SSSR count). The summed E-state index contributed by atoms with van der Waals surface area (Å²) in [6, 6.07) is 16.0. The number of likely N-dealkylation sites (tertiary alicyclic amines) is 1. The van der Waals surface area contributed by atoms with Gasteiger partial charge in [0.25, 0.3) is 5.56 Å². The second kappa shape index (κ2) is 10.1. The summed E-state index contributed by atoms with van der Waals surface area (Å²) in [7, 11) is 1.30. The third-order valence-electron chi connectivity index (χ3n) is 7.91. The molecule has 200 valence electrons. The fourth-order valence-corrected chi connectivity index (χ4v) is 6.23. The molecule has 3 atom stereocenters. The first-order valence-electron chi connectivity index (χ1n) is 13.1. The van der Waals surface area contributed by atoms with E-state index in [0.29, 0.717) is 30.3 Å². The van der Waals surface area contributed by atoms with Gasteiger partial charge in [-0.15, -0.1) is 0 Å². The maximum atomic E-state index is 13.0. The molecule has 1 aromatic carbocycles. The largest absolute Gasteiger partial charge is 0.502 e. The van der Waals surface area contributed by atoms with Crippen molar-refractivity contribution < 1.29 is 19.1 Å². The SMILES string of the molecule is COC(=O)C[C@H](c1oc(CN2C[C@H]3C[C@@H](C2)c2cccc(=O)n2C3)cc(=O)c1O)c1ccnc2ccccc12. The van der Waals surface area contributed by atoms with Crippen molar-refractivity contribution in [3.05, 3.63) is 104 Å². The van der Waals surface area contributed by atoms with Crippen LogP contribution < -0.4 is 11.0 Å². The Hall–Kier alpha value is -4.24. The number of hydrogen-bond donors (Lipinski definition) is 1. The fourth-order valence-electron chi connectivity index (χ4n) is 6.23.